The molecule has 0 saturated carbocycles. The molecule has 0 bridgehead atoms. The summed E-state index contributed by atoms with van der Waals surface area (Å²) in [5, 5.41) is 4.70. The number of aryl methyl sites for hydroxylation is 1. The van der Waals surface area contributed by atoms with Crippen LogP contribution in [0.3, 0.4) is 0 Å². The Morgan fingerprint density at radius 1 is 1.05 bits per heavy atom. The Kier molecular flexibility index (Phi) is 7.50. The van der Waals surface area contributed by atoms with Crippen molar-refractivity contribution >= 4 is 39.2 Å². The van der Waals surface area contributed by atoms with Crippen LogP contribution in [0.1, 0.15) is 12.5 Å². The van der Waals surface area contributed by atoms with Gasteiger partial charge in [0.15, 0.2) is 11.6 Å². The molecular weight excluding hydrogens is 521 g/mol. The number of benzene rings is 2. The topological polar surface area (TPSA) is 107 Å². The van der Waals surface area contributed by atoms with Crippen LogP contribution < -0.4 is 20.1 Å². The van der Waals surface area contributed by atoms with E-state index in [0.717, 1.165) is 27.9 Å². The number of carbonyl (C=O) groups is 2. The van der Waals surface area contributed by atoms with Gasteiger partial charge in [0.05, 0.1) is 40.6 Å². The summed E-state index contributed by atoms with van der Waals surface area (Å²) < 4.78 is 28.8. The molecule has 0 atom stereocenters. The number of fused-ring (bicyclic) bond motifs is 1. The number of imide groups is 1. The van der Waals surface area contributed by atoms with Crippen molar-refractivity contribution < 1.29 is 23.5 Å². The zero-order valence-electron chi connectivity index (χ0n) is 21.1. The Balaban J connectivity index is 1.25. The molecule has 5 rings (SSSR count). The highest BCUT2D eigenvalue weighted by Gasteiger charge is 2.16. The second-order valence-corrected chi connectivity index (χ2v) is 9.51. The van der Waals surface area contributed by atoms with E-state index in [0.29, 0.717) is 22.6 Å². The quantitative estimate of drug-likeness (QED) is 0.247. The number of para-hydroxylation sites is 1. The molecule has 11 heteroatoms. The molecule has 39 heavy (non-hydrogen) atoms. The van der Waals surface area contributed by atoms with Crippen LogP contribution in [-0.2, 0) is 17.8 Å². The molecule has 0 aliphatic heterocycles. The van der Waals surface area contributed by atoms with Crippen molar-refractivity contribution in [1.82, 2.24) is 19.9 Å². The summed E-state index contributed by atoms with van der Waals surface area (Å²) in [6.45, 7) is 2.85. The average molecular weight is 546 g/mol. The van der Waals surface area contributed by atoms with Crippen molar-refractivity contribution in [2.45, 2.75) is 19.9 Å². The van der Waals surface area contributed by atoms with Gasteiger partial charge < -0.3 is 19.4 Å². The number of pyridine rings is 1. The van der Waals surface area contributed by atoms with E-state index in [1.165, 1.54) is 30.6 Å². The zero-order valence-corrected chi connectivity index (χ0v) is 21.9. The SMILES string of the molecule is CCn1cnc(-c2cc3nccc(Oc4ccc(NC(=O)NC(=O)Cc5ccccc5OC)cc4F)c3s2)c1. The molecule has 0 aliphatic rings. The normalized spacial score (nSPS) is 10.8. The molecule has 5 aromatic rings. The molecule has 198 valence electrons. The molecule has 2 aromatic carbocycles. The summed E-state index contributed by atoms with van der Waals surface area (Å²) in [4.78, 5) is 34.4. The number of aromatic nitrogens is 3. The summed E-state index contributed by atoms with van der Waals surface area (Å²) in [7, 11) is 1.50. The standard InChI is InChI=1S/C28H24FN5O4S/c1-3-34-15-21(31-16-34)25-14-20-27(39-25)24(10-11-30-20)38-23-9-8-18(13-19(23)29)32-28(36)33-26(35)12-17-6-4-5-7-22(17)37-2/h4-11,13-16H,3,12H2,1-2H3,(H2,32,33,35,36). The number of rotatable bonds is 8. The number of amides is 3. The number of carbonyl (C=O) groups excluding carboxylic acids is 2. The maximum atomic E-state index is 14.9. The number of methoxy groups -OCH3 is 1. The van der Waals surface area contributed by atoms with Crippen LogP contribution in [0.2, 0.25) is 0 Å². The van der Waals surface area contributed by atoms with E-state index in [-0.39, 0.29) is 17.9 Å². The lowest BCUT2D eigenvalue weighted by Gasteiger charge is -2.11. The van der Waals surface area contributed by atoms with Gasteiger partial charge in [0.2, 0.25) is 5.91 Å². The minimum absolute atomic E-state index is 0.0223. The number of anilines is 1. The number of ether oxygens (including phenoxy) is 2. The molecular formula is C28H24FN5O4S. The Morgan fingerprint density at radius 3 is 2.67 bits per heavy atom. The van der Waals surface area contributed by atoms with Gasteiger partial charge in [-0.2, -0.15) is 0 Å². The number of thiophene rings is 1. The van der Waals surface area contributed by atoms with Crippen LogP contribution in [-0.4, -0.2) is 33.6 Å². The highest BCUT2D eigenvalue weighted by atomic mass is 32.1. The van der Waals surface area contributed by atoms with Crippen LogP contribution >= 0.6 is 11.3 Å². The van der Waals surface area contributed by atoms with Crippen molar-refractivity contribution in [3.8, 4) is 27.8 Å². The maximum absolute atomic E-state index is 14.9. The lowest BCUT2D eigenvalue weighted by Crippen LogP contribution is -2.35. The van der Waals surface area contributed by atoms with Gasteiger partial charge in [0.1, 0.15) is 11.5 Å². The fourth-order valence-corrected chi connectivity index (χ4v) is 4.94. The van der Waals surface area contributed by atoms with E-state index in [2.05, 4.69) is 20.6 Å². The third-order valence-corrected chi connectivity index (χ3v) is 6.99. The predicted octanol–water partition coefficient (Wildman–Crippen LogP) is 6.01. The van der Waals surface area contributed by atoms with Gasteiger partial charge in [-0.3, -0.25) is 15.1 Å². The summed E-state index contributed by atoms with van der Waals surface area (Å²) in [5.74, 6) is -0.243. The number of nitrogens with one attached hydrogen (secondary N) is 2. The van der Waals surface area contributed by atoms with Crippen molar-refractivity contribution in [3.63, 3.8) is 0 Å². The summed E-state index contributed by atoms with van der Waals surface area (Å²) in [5.41, 5.74) is 2.34. The number of urea groups is 1. The Hall–Kier alpha value is -4.77. The molecule has 2 N–H and O–H groups in total. The molecule has 3 aromatic heterocycles. The molecule has 0 radical (unpaired) electrons. The highest BCUT2D eigenvalue weighted by Crippen LogP contribution is 2.39. The minimum atomic E-state index is -0.782. The largest absolute Gasteiger partial charge is 0.496 e. The van der Waals surface area contributed by atoms with Crippen molar-refractivity contribution in [2.75, 3.05) is 12.4 Å². The molecule has 0 saturated heterocycles. The lowest BCUT2D eigenvalue weighted by molar-refractivity contribution is -0.119. The maximum Gasteiger partial charge on any atom is 0.325 e. The van der Waals surface area contributed by atoms with Gasteiger partial charge in [0.25, 0.3) is 0 Å². The smallest absolute Gasteiger partial charge is 0.325 e. The van der Waals surface area contributed by atoms with Gasteiger partial charge >= 0.3 is 6.03 Å². The van der Waals surface area contributed by atoms with E-state index < -0.39 is 17.8 Å². The average Bonchev–Trinajstić information content (AvgIpc) is 3.58. The van der Waals surface area contributed by atoms with E-state index in [9.17, 15) is 14.0 Å². The third-order valence-electron chi connectivity index (χ3n) is 5.83. The number of hydrogen-bond acceptors (Lipinski definition) is 7. The molecule has 0 fully saturated rings. The number of nitrogens with zero attached hydrogens (tertiary/aromatic N) is 3. The van der Waals surface area contributed by atoms with E-state index in [4.69, 9.17) is 9.47 Å². The summed E-state index contributed by atoms with van der Waals surface area (Å²) >= 11 is 1.46. The minimum Gasteiger partial charge on any atom is -0.496 e. The number of imidazole rings is 1. The predicted molar refractivity (Wildman–Crippen MR) is 147 cm³/mol. The monoisotopic (exact) mass is 545 g/mol. The first-order valence-electron chi connectivity index (χ1n) is 12.0. The zero-order chi connectivity index (χ0) is 27.4. The van der Waals surface area contributed by atoms with Crippen LogP contribution in [0, 0.1) is 5.82 Å². The first kappa shape index (κ1) is 25.9. The second kappa shape index (κ2) is 11.3. The molecule has 3 amide bonds. The molecule has 0 spiro atoms. The number of hydrogen-bond donors (Lipinski definition) is 2. The third kappa shape index (κ3) is 5.88. The van der Waals surface area contributed by atoms with Crippen LogP contribution in [0.25, 0.3) is 20.8 Å². The molecule has 9 nitrogen and oxygen atoms in total. The Labute approximate surface area is 227 Å². The molecule has 0 unspecified atom stereocenters. The fraction of sp³-hybridized carbons (Fsp3) is 0.143. The summed E-state index contributed by atoms with van der Waals surface area (Å²) in [6.07, 6.45) is 5.27. The van der Waals surface area contributed by atoms with Crippen LogP contribution in [0.15, 0.2) is 73.3 Å². The first-order valence-corrected chi connectivity index (χ1v) is 12.9. The van der Waals surface area contributed by atoms with E-state index in [1.807, 2.05) is 23.8 Å². The van der Waals surface area contributed by atoms with Gasteiger partial charge in [-0.1, -0.05) is 18.2 Å². The van der Waals surface area contributed by atoms with Gasteiger partial charge in [-0.05, 0) is 31.2 Å². The lowest BCUT2D eigenvalue weighted by atomic mass is 10.1. The first-order chi connectivity index (χ1) is 18.9. The Bertz CT molecular complexity index is 1670. The van der Waals surface area contributed by atoms with Crippen LogP contribution in [0.4, 0.5) is 14.9 Å². The molecule has 3 heterocycles. The van der Waals surface area contributed by atoms with Crippen molar-refractivity contribution in [1.29, 1.82) is 0 Å². The van der Waals surface area contributed by atoms with Crippen molar-refractivity contribution in [3.05, 3.63) is 84.7 Å². The van der Waals surface area contributed by atoms with Gasteiger partial charge in [-0.25, -0.2) is 14.2 Å². The van der Waals surface area contributed by atoms with Gasteiger partial charge in [0, 0.05) is 42.3 Å². The second-order valence-electron chi connectivity index (χ2n) is 8.46. The van der Waals surface area contributed by atoms with E-state index >= 15 is 0 Å². The highest BCUT2D eigenvalue weighted by molar-refractivity contribution is 7.22. The van der Waals surface area contributed by atoms with Crippen LogP contribution in [0.5, 0.6) is 17.2 Å². The Morgan fingerprint density at radius 2 is 1.90 bits per heavy atom. The fourth-order valence-electron chi connectivity index (χ4n) is 3.92. The number of halogens is 1. The molecule has 0 aliphatic carbocycles. The van der Waals surface area contributed by atoms with Gasteiger partial charge in [-0.15, -0.1) is 11.3 Å². The summed E-state index contributed by atoms with van der Waals surface area (Å²) in [6, 6.07) is 13.8. The van der Waals surface area contributed by atoms with E-state index in [1.54, 1.807) is 42.9 Å². The van der Waals surface area contributed by atoms with Crippen molar-refractivity contribution in [2.24, 2.45) is 0 Å².